The summed E-state index contributed by atoms with van der Waals surface area (Å²) in [6.07, 6.45) is 4.03. The van der Waals surface area contributed by atoms with Gasteiger partial charge < -0.3 is 0 Å². The Morgan fingerprint density at radius 3 is 2.45 bits per heavy atom. The SMILES string of the molecule is O=S(=O)(C1CC1)N1C[C@H]2CC[C@@H](C1)N(Cc1ccccc1)C2. The first-order valence-electron chi connectivity index (χ1n) is 8.40. The minimum absolute atomic E-state index is 0.0763. The molecule has 4 aliphatic rings. The van der Waals surface area contributed by atoms with Gasteiger partial charge in [0.1, 0.15) is 0 Å². The Balaban J connectivity index is 1.51. The third kappa shape index (κ3) is 2.82. The van der Waals surface area contributed by atoms with Gasteiger partial charge in [-0.3, -0.25) is 4.90 Å². The van der Waals surface area contributed by atoms with Gasteiger partial charge in [0.2, 0.25) is 10.0 Å². The number of hydrogen-bond donors (Lipinski definition) is 0. The van der Waals surface area contributed by atoms with Crippen LogP contribution in [0.3, 0.4) is 0 Å². The molecule has 0 aromatic heterocycles. The van der Waals surface area contributed by atoms with Crippen LogP contribution in [0.25, 0.3) is 0 Å². The molecule has 2 bridgehead atoms. The molecule has 5 heteroatoms. The van der Waals surface area contributed by atoms with Gasteiger partial charge in [-0.2, -0.15) is 4.31 Å². The van der Waals surface area contributed by atoms with E-state index in [4.69, 9.17) is 0 Å². The van der Waals surface area contributed by atoms with Crippen molar-refractivity contribution in [2.75, 3.05) is 19.6 Å². The van der Waals surface area contributed by atoms with E-state index >= 15 is 0 Å². The molecule has 0 unspecified atom stereocenters. The lowest BCUT2D eigenvalue weighted by atomic mass is 9.94. The van der Waals surface area contributed by atoms with Crippen molar-refractivity contribution in [3.8, 4) is 0 Å². The fraction of sp³-hybridized carbons (Fsp3) is 0.647. The molecule has 5 rings (SSSR count). The van der Waals surface area contributed by atoms with Gasteiger partial charge in [-0.15, -0.1) is 0 Å². The molecule has 1 aromatic carbocycles. The van der Waals surface area contributed by atoms with E-state index in [1.165, 1.54) is 12.0 Å². The fourth-order valence-electron chi connectivity index (χ4n) is 3.93. The molecule has 120 valence electrons. The molecular formula is C17H24N2O2S. The van der Waals surface area contributed by atoms with Crippen molar-refractivity contribution in [3.63, 3.8) is 0 Å². The molecule has 4 nitrogen and oxygen atoms in total. The Morgan fingerprint density at radius 2 is 1.73 bits per heavy atom. The summed E-state index contributed by atoms with van der Waals surface area (Å²) in [4.78, 5) is 2.51. The Bertz CT molecular complexity index is 627. The Hall–Kier alpha value is -0.910. The van der Waals surface area contributed by atoms with Crippen molar-refractivity contribution < 1.29 is 8.42 Å². The first-order valence-corrected chi connectivity index (χ1v) is 9.90. The van der Waals surface area contributed by atoms with E-state index in [1.807, 2.05) is 10.4 Å². The maximum atomic E-state index is 12.6. The van der Waals surface area contributed by atoms with Crippen LogP contribution in [0, 0.1) is 5.92 Å². The molecule has 1 saturated carbocycles. The molecule has 3 saturated heterocycles. The van der Waals surface area contributed by atoms with Gasteiger partial charge in [0.25, 0.3) is 0 Å². The van der Waals surface area contributed by atoms with Crippen LogP contribution in [0.4, 0.5) is 0 Å². The zero-order valence-corrected chi connectivity index (χ0v) is 13.7. The number of benzene rings is 1. The standard InChI is InChI=1S/C17H24N2O2S/c20-22(21,17-8-9-17)19-12-15-6-7-16(13-19)18(11-15)10-14-4-2-1-3-5-14/h1-5,15-17H,6-13H2/t15-,16-/m0/s1. The van der Waals surface area contributed by atoms with E-state index in [0.717, 1.165) is 38.9 Å². The molecular weight excluding hydrogens is 296 g/mol. The van der Waals surface area contributed by atoms with Crippen LogP contribution < -0.4 is 0 Å². The van der Waals surface area contributed by atoms with Crippen molar-refractivity contribution in [1.29, 1.82) is 0 Å². The smallest absolute Gasteiger partial charge is 0.217 e. The van der Waals surface area contributed by atoms with E-state index < -0.39 is 10.0 Å². The average Bonchev–Trinajstić information content (AvgIpc) is 3.36. The summed E-state index contributed by atoms with van der Waals surface area (Å²) in [5.41, 5.74) is 1.33. The maximum Gasteiger partial charge on any atom is 0.217 e. The van der Waals surface area contributed by atoms with E-state index in [1.54, 1.807) is 0 Å². The number of piperidine rings is 1. The number of hydrogen-bond acceptors (Lipinski definition) is 3. The quantitative estimate of drug-likeness (QED) is 0.853. The van der Waals surface area contributed by atoms with Gasteiger partial charge in [0, 0.05) is 32.2 Å². The van der Waals surface area contributed by atoms with Gasteiger partial charge in [-0.25, -0.2) is 8.42 Å². The highest BCUT2D eigenvalue weighted by atomic mass is 32.2. The molecule has 0 N–H and O–H groups in total. The summed E-state index contributed by atoms with van der Waals surface area (Å²) < 4.78 is 27.0. The van der Waals surface area contributed by atoms with Crippen molar-refractivity contribution in [3.05, 3.63) is 35.9 Å². The summed E-state index contributed by atoms with van der Waals surface area (Å²) in [6, 6.07) is 10.9. The fourth-order valence-corrected chi connectivity index (χ4v) is 5.88. The highest BCUT2D eigenvalue weighted by molar-refractivity contribution is 7.90. The molecule has 0 amide bonds. The van der Waals surface area contributed by atoms with Crippen LogP contribution >= 0.6 is 0 Å². The summed E-state index contributed by atoms with van der Waals surface area (Å²) in [6.45, 7) is 3.42. The lowest BCUT2D eigenvalue weighted by molar-refractivity contribution is 0.125. The molecule has 22 heavy (non-hydrogen) atoms. The molecule has 1 aromatic rings. The number of rotatable bonds is 4. The second-order valence-corrected chi connectivity index (χ2v) is 9.29. The first kappa shape index (κ1) is 14.7. The lowest BCUT2D eigenvalue weighted by Gasteiger charge is -2.36. The number of nitrogens with zero attached hydrogens (tertiary/aromatic N) is 2. The summed E-state index contributed by atoms with van der Waals surface area (Å²) in [5, 5.41) is -0.0763. The third-order valence-corrected chi connectivity index (χ3v) is 7.66. The highest BCUT2D eigenvalue weighted by Gasteiger charge is 2.45. The zero-order chi connectivity index (χ0) is 15.2. The summed E-state index contributed by atoms with van der Waals surface area (Å²) in [7, 11) is -3.03. The Kier molecular flexibility index (Phi) is 3.75. The largest absolute Gasteiger partial charge is 0.294 e. The molecule has 3 heterocycles. The van der Waals surface area contributed by atoms with E-state index in [2.05, 4.69) is 29.2 Å². The van der Waals surface area contributed by atoms with Gasteiger partial charge >= 0.3 is 0 Å². The first-order chi connectivity index (χ1) is 10.6. The molecule has 0 spiro atoms. The van der Waals surface area contributed by atoms with E-state index in [-0.39, 0.29) is 5.25 Å². The van der Waals surface area contributed by atoms with Crippen LogP contribution in [0.1, 0.15) is 31.2 Å². The lowest BCUT2D eigenvalue weighted by Crippen LogP contribution is -2.44. The van der Waals surface area contributed by atoms with Crippen molar-refractivity contribution >= 4 is 10.0 Å². The molecule has 4 fully saturated rings. The normalized spacial score (nSPS) is 30.4. The second kappa shape index (κ2) is 5.62. The highest BCUT2D eigenvalue weighted by Crippen LogP contribution is 2.36. The number of sulfonamides is 1. The van der Waals surface area contributed by atoms with Gasteiger partial charge in [-0.1, -0.05) is 30.3 Å². The van der Waals surface area contributed by atoms with Crippen LogP contribution in [-0.2, 0) is 16.6 Å². The zero-order valence-electron chi connectivity index (χ0n) is 12.9. The predicted octanol–water partition coefficient (Wildman–Crippen LogP) is 2.07. The molecule has 0 radical (unpaired) electrons. The van der Waals surface area contributed by atoms with Gasteiger partial charge in [0.05, 0.1) is 5.25 Å². The topological polar surface area (TPSA) is 40.6 Å². The second-order valence-electron chi connectivity index (χ2n) is 7.07. The number of fused-ring (bicyclic) bond motifs is 4. The Morgan fingerprint density at radius 1 is 0.955 bits per heavy atom. The van der Waals surface area contributed by atoms with E-state index in [9.17, 15) is 8.42 Å². The molecule has 1 aliphatic carbocycles. The van der Waals surface area contributed by atoms with E-state index in [0.29, 0.717) is 18.5 Å². The molecule has 3 aliphatic heterocycles. The summed E-state index contributed by atoms with van der Waals surface area (Å²) >= 11 is 0. The van der Waals surface area contributed by atoms with Crippen molar-refractivity contribution in [1.82, 2.24) is 9.21 Å². The summed E-state index contributed by atoms with van der Waals surface area (Å²) in [5.74, 6) is 0.496. The van der Waals surface area contributed by atoms with Crippen LogP contribution in [0.2, 0.25) is 0 Å². The maximum absolute atomic E-state index is 12.6. The minimum Gasteiger partial charge on any atom is -0.294 e. The predicted molar refractivity (Wildman–Crippen MR) is 86.9 cm³/mol. The van der Waals surface area contributed by atoms with Crippen molar-refractivity contribution in [2.24, 2.45) is 5.92 Å². The van der Waals surface area contributed by atoms with Gasteiger partial charge in [0.15, 0.2) is 0 Å². The monoisotopic (exact) mass is 320 g/mol. The Labute approximate surface area is 133 Å². The van der Waals surface area contributed by atoms with Gasteiger partial charge in [-0.05, 0) is 37.2 Å². The van der Waals surface area contributed by atoms with Crippen molar-refractivity contribution in [2.45, 2.75) is 43.5 Å². The van der Waals surface area contributed by atoms with Crippen LogP contribution in [0.15, 0.2) is 30.3 Å². The third-order valence-electron chi connectivity index (χ3n) is 5.33. The minimum atomic E-state index is -3.03. The van der Waals surface area contributed by atoms with Crippen LogP contribution in [-0.4, -0.2) is 48.5 Å². The average molecular weight is 320 g/mol. The molecule has 2 atom stereocenters. The van der Waals surface area contributed by atoms with Crippen LogP contribution in [0.5, 0.6) is 0 Å².